The van der Waals surface area contributed by atoms with Crippen molar-refractivity contribution in [2.75, 3.05) is 20.1 Å². The van der Waals surface area contributed by atoms with Gasteiger partial charge in [-0.3, -0.25) is 4.79 Å². The maximum Gasteiger partial charge on any atom is 0.254 e. The van der Waals surface area contributed by atoms with Crippen molar-refractivity contribution in [2.24, 2.45) is 0 Å². The van der Waals surface area contributed by atoms with Crippen molar-refractivity contribution in [2.45, 2.75) is 18.9 Å². The summed E-state index contributed by atoms with van der Waals surface area (Å²) in [7, 11) is 1.79. The zero-order chi connectivity index (χ0) is 13.1. The topological polar surface area (TPSA) is 32.3 Å². The fourth-order valence-corrected chi connectivity index (χ4v) is 2.90. The Morgan fingerprint density at radius 3 is 3.00 bits per heavy atom. The molecule has 1 aliphatic rings. The first-order valence-corrected chi connectivity index (χ1v) is 7.09. The third kappa shape index (κ3) is 3.20. The highest BCUT2D eigenvalue weighted by Crippen LogP contribution is 2.16. The average molecular weight is 362 g/mol. The lowest BCUT2D eigenvalue weighted by Gasteiger charge is -2.22. The summed E-state index contributed by atoms with van der Waals surface area (Å²) in [5.74, 6) is -0.357. The van der Waals surface area contributed by atoms with Crippen molar-refractivity contribution in [3.8, 4) is 0 Å². The van der Waals surface area contributed by atoms with Gasteiger partial charge < -0.3 is 10.2 Å². The maximum atomic E-state index is 13.0. The predicted octanol–water partition coefficient (Wildman–Crippen LogP) is 2.25. The van der Waals surface area contributed by atoms with Crippen LogP contribution in [0.4, 0.5) is 4.39 Å². The quantitative estimate of drug-likeness (QED) is 0.837. The minimum atomic E-state index is -0.309. The van der Waals surface area contributed by atoms with Crippen LogP contribution in [-0.2, 0) is 0 Å². The van der Waals surface area contributed by atoms with Gasteiger partial charge in [-0.25, -0.2) is 4.39 Å². The van der Waals surface area contributed by atoms with Crippen molar-refractivity contribution >= 4 is 28.5 Å². The van der Waals surface area contributed by atoms with E-state index in [0.29, 0.717) is 21.7 Å². The van der Waals surface area contributed by atoms with Crippen LogP contribution in [0.3, 0.4) is 0 Å². The van der Waals surface area contributed by atoms with Gasteiger partial charge in [-0.2, -0.15) is 0 Å². The molecule has 0 aromatic heterocycles. The summed E-state index contributed by atoms with van der Waals surface area (Å²) in [5.41, 5.74) is 0.567. The maximum absolute atomic E-state index is 13.0. The lowest BCUT2D eigenvalue weighted by molar-refractivity contribution is 0.0782. The zero-order valence-corrected chi connectivity index (χ0v) is 12.4. The molecule has 1 fully saturated rings. The number of nitrogens with one attached hydrogen (secondary N) is 1. The van der Waals surface area contributed by atoms with Gasteiger partial charge in [0.2, 0.25) is 0 Å². The number of benzene rings is 1. The fraction of sp³-hybridized carbons (Fsp3) is 0.462. The minimum absolute atomic E-state index is 0.0481. The lowest BCUT2D eigenvalue weighted by atomic mass is 10.1. The van der Waals surface area contributed by atoms with E-state index >= 15 is 0 Å². The smallest absolute Gasteiger partial charge is 0.254 e. The van der Waals surface area contributed by atoms with Crippen LogP contribution in [0.15, 0.2) is 18.2 Å². The van der Waals surface area contributed by atoms with E-state index in [2.05, 4.69) is 5.32 Å². The second kappa shape index (κ2) is 5.97. The van der Waals surface area contributed by atoms with Gasteiger partial charge in [0.1, 0.15) is 5.82 Å². The van der Waals surface area contributed by atoms with Crippen molar-refractivity contribution in [1.29, 1.82) is 0 Å². The summed E-state index contributed by atoms with van der Waals surface area (Å²) in [6.45, 7) is 1.73. The van der Waals surface area contributed by atoms with Crippen molar-refractivity contribution in [1.82, 2.24) is 10.2 Å². The van der Waals surface area contributed by atoms with Crippen LogP contribution in [0.1, 0.15) is 23.2 Å². The van der Waals surface area contributed by atoms with Gasteiger partial charge in [-0.1, -0.05) is 0 Å². The molecule has 2 rings (SSSR count). The van der Waals surface area contributed by atoms with Gasteiger partial charge in [0.15, 0.2) is 0 Å². The number of nitrogens with zero attached hydrogens (tertiary/aromatic N) is 1. The van der Waals surface area contributed by atoms with Crippen LogP contribution in [0.5, 0.6) is 0 Å². The lowest BCUT2D eigenvalue weighted by Crippen LogP contribution is -2.38. The van der Waals surface area contributed by atoms with E-state index < -0.39 is 0 Å². The molecule has 0 spiro atoms. The van der Waals surface area contributed by atoms with E-state index in [4.69, 9.17) is 0 Å². The number of hydrogen-bond donors (Lipinski definition) is 1. The van der Waals surface area contributed by atoms with Crippen LogP contribution in [0, 0.1) is 9.39 Å². The largest absolute Gasteiger partial charge is 0.340 e. The molecule has 1 aromatic carbocycles. The molecule has 0 bridgehead atoms. The van der Waals surface area contributed by atoms with Gasteiger partial charge in [0.05, 0.1) is 5.56 Å². The van der Waals surface area contributed by atoms with Gasteiger partial charge in [-0.15, -0.1) is 0 Å². The second-order valence-electron chi connectivity index (χ2n) is 4.60. The SMILES string of the molecule is CN(CC1CCCN1)C(=O)c1ccc(F)cc1I. The van der Waals surface area contributed by atoms with Crippen molar-refractivity contribution < 1.29 is 9.18 Å². The Bertz CT molecular complexity index is 447. The zero-order valence-electron chi connectivity index (χ0n) is 10.2. The normalized spacial score (nSPS) is 18.9. The Morgan fingerprint density at radius 2 is 2.39 bits per heavy atom. The fourth-order valence-electron chi connectivity index (χ4n) is 2.19. The van der Waals surface area contributed by atoms with Crippen LogP contribution >= 0.6 is 22.6 Å². The van der Waals surface area contributed by atoms with E-state index in [9.17, 15) is 9.18 Å². The molecule has 0 saturated carbocycles. The van der Waals surface area contributed by atoms with E-state index in [1.807, 2.05) is 22.6 Å². The number of likely N-dealkylation sites (N-methyl/N-ethyl adjacent to an activating group) is 1. The summed E-state index contributed by atoms with van der Waals surface area (Å²) in [4.78, 5) is 13.9. The molecule has 0 aliphatic carbocycles. The third-order valence-electron chi connectivity index (χ3n) is 3.16. The van der Waals surface area contributed by atoms with E-state index in [1.54, 1.807) is 18.0 Å². The third-order valence-corrected chi connectivity index (χ3v) is 4.06. The molecule has 5 heteroatoms. The van der Waals surface area contributed by atoms with Gasteiger partial charge in [-0.05, 0) is 60.2 Å². The molecule has 1 aromatic rings. The molecule has 1 amide bonds. The first-order chi connectivity index (χ1) is 8.58. The average Bonchev–Trinajstić information content (AvgIpc) is 2.81. The Morgan fingerprint density at radius 1 is 1.61 bits per heavy atom. The molecule has 98 valence electrons. The predicted molar refractivity (Wildman–Crippen MR) is 77.1 cm³/mol. The summed E-state index contributed by atoms with van der Waals surface area (Å²) in [6.07, 6.45) is 2.28. The highest BCUT2D eigenvalue weighted by molar-refractivity contribution is 14.1. The van der Waals surface area contributed by atoms with E-state index in [0.717, 1.165) is 13.0 Å². The standard InChI is InChI=1S/C13H16FIN2O/c1-17(8-10-3-2-6-16-10)13(18)11-5-4-9(14)7-12(11)15/h4-5,7,10,16H,2-3,6,8H2,1H3. The molecule has 1 unspecified atom stereocenters. The number of carbonyl (C=O) groups is 1. The van der Waals surface area contributed by atoms with Crippen molar-refractivity contribution in [3.05, 3.63) is 33.1 Å². The van der Waals surface area contributed by atoms with Crippen molar-refractivity contribution in [3.63, 3.8) is 0 Å². The van der Waals surface area contributed by atoms with Crippen LogP contribution < -0.4 is 5.32 Å². The monoisotopic (exact) mass is 362 g/mol. The molecule has 3 nitrogen and oxygen atoms in total. The number of rotatable bonds is 3. The van der Waals surface area contributed by atoms with E-state index in [1.165, 1.54) is 18.6 Å². The Kier molecular flexibility index (Phi) is 4.55. The second-order valence-corrected chi connectivity index (χ2v) is 5.77. The number of amides is 1. The highest BCUT2D eigenvalue weighted by Gasteiger charge is 2.20. The number of carbonyl (C=O) groups excluding carboxylic acids is 1. The molecule has 0 radical (unpaired) electrons. The molecule has 18 heavy (non-hydrogen) atoms. The molecular formula is C13H16FIN2O. The first-order valence-electron chi connectivity index (χ1n) is 6.02. The minimum Gasteiger partial charge on any atom is -0.340 e. The Hall–Kier alpha value is -0.690. The van der Waals surface area contributed by atoms with Crippen LogP contribution in [0.25, 0.3) is 0 Å². The van der Waals surface area contributed by atoms with Gasteiger partial charge in [0.25, 0.3) is 5.91 Å². The molecule has 1 heterocycles. The summed E-state index contributed by atoms with van der Waals surface area (Å²) < 4.78 is 13.7. The van der Waals surface area contributed by atoms with Gasteiger partial charge >= 0.3 is 0 Å². The number of halogens is 2. The van der Waals surface area contributed by atoms with Crippen LogP contribution in [-0.4, -0.2) is 37.0 Å². The molecule has 1 saturated heterocycles. The Labute approximate surface area is 120 Å². The number of hydrogen-bond acceptors (Lipinski definition) is 2. The molecule has 1 aliphatic heterocycles. The van der Waals surface area contributed by atoms with Gasteiger partial charge in [0, 0.05) is 23.2 Å². The summed E-state index contributed by atoms with van der Waals surface area (Å²) in [5, 5.41) is 3.36. The molecule has 1 N–H and O–H groups in total. The van der Waals surface area contributed by atoms with Crippen LogP contribution in [0.2, 0.25) is 0 Å². The first kappa shape index (κ1) is 13.7. The summed E-state index contributed by atoms with van der Waals surface area (Å²) in [6, 6.07) is 4.65. The summed E-state index contributed by atoms with van der Waals surface area (Å²) >= 11 is 2.00. The molecular weight excluding hydrogens is 346 g/mol. The molecule has 1 atom stereocenters. The highest BCUT2D eigenvalue weighted by atomic mass is 127. The Balaban J connectivity index is 2.05. The van der Waals surface area contributed by atoms with E-state index in [-0.39, 0.29) is 11.7 Å².